The highest BCUT2D eigenvalue weighted by Crippen LogP contribution is 2.47. The monoisotopic (exact) mass is 336 g/mol. The van der Waals surface area contributed by atoms with Gasteiger partial charge >= 0.3 is 0 Å². The first-order valence-corrected chi connectivity index (χ1v) is 10.0. The van der Waals surface area contributed by atoms with Crippen molar-refractivity contribution in [1.29, 1.82) is 0 Å². The average molecular weight is 336 g/mol. The van der Waals surface area contributed by atoms with E-state index in [9.17, 15) is 13.5 Å². The minimum atomic E-state index is -3.06. The van der Waals surface area contributed by atoms with E-state index in [0.29, 0.717) is 19.6 Å². The second-order valence-electron chi connectivity index (χ2n) is 7.09. The zero-order valence-electron chi connectivity index (χ0n) is 13.3. The van der Waals surface area contributed by atoms with Crippen LogP contribution in [0.25, 0.3) is 0 Å². The zero-order chi connectivity index (χ0) is 16.1. The molecule has 0 aromatic heterocycles. The molecule has 0 bridgehead atoms. The summed E-state index contributed by atoms with van der Waals surface area (Å²) in [5.74, 6) is 0. The molecule has 126 valence electrons. The number of nitrogens with zero attached hydrogens (tertiary/aromatic N) is 2. The molecule has 1 saturated heterocycles. The maximum Gasteiger partial charge on any atom is 0.216 e. The molecule has 0 atom stereocenters. The van der Waals surface area contributed by atoms with Crippen molar-refractivity contribution in [3.8, 4) is 0 Å². The molecule has 1 aromatic rings. The molecule has 1 spiro atoms. The Morgan fingerprint density at radius 1 is 1.17 bits per heavy atom. The highest BCUT2D eigenvalue weighted by atomic mass is 32.2. The third-order valence-corrected chi connectivity index (χ3v) is 8.06. The predicted octanol–water partition coefficient (Wildman–Crippen LogP) is 1.32. The van der Waals surface area contributed by atoms with Crippen LogP contribution in [-0.4, -0.2) is 55.9 Å². The van der Waals surface area contributed by atoms with Crippen molar-refractivity contribution in [2.45, 2.75) is 36.3 Å². The van der Waals surface area contributed by atoms with E-state index >= 15 is 0 Å². The van der Waals surface area contributed by atoms with Gasteiger partial charge in [-0.15, -0.1) is 0 Å². The molecule has 1 saturated carbocycles. The van der Waals surface area contributed by atoms with Crippen LogP contribution >= 0.6 is 0 Å². The van der Waals surface area contributed by atoms with E-state index in [2.05, 4.69) is 23.1 Å². The van der Waals surface area contributed by atoms with Crippen molar-refractivity contribution in [1.82, 2.24) is 4.31 Å². The van der Waals surface area contributed by atoms with Gasteiger partial charge in [-0.3, -0.25) is 0 Å². The second kappa shape index (κ2) is 5.46. The maximum absolute atomic E-state index is 12.4. The second-order valence-corrected chi connectivity index (χ2v) is 9.30. The molecule has 3 aliphatic rings. The number of fused-ring (bicyclic) bond motifs is 2. The summed E-state index contributed by atoms with van der Waals surface area (Å²) in [5, 5.41) is 9.21. The minimum Gasteiger partial charge on any atom is -0.395 e. The van der Waals surface area contributed by atoms with Crippen LogP contribution in [0.5, 0.6) is 0 Å². The van der Waals surface area contributed by atoms with Crippen LogP contribution in [0.4, 0.5) is 5.69 Å². The van der Waals surface area contributed by atoms with Crippen molar-refractivity contribution in [3.05, 3.63) is 29.8 Å². The Balaban J connectivity index is 1.57. The van der Waals surface area contributed by atoms with Gasteiger partial charge in [-0.1, -0.05) is 18.2 Å². The lowest BCUT2D eigenvalue weighted by molar-refractivity contribution is 0.240. The summed E-state index contributed by atoms with van der Waals surface area (Å²) in [6.45, 7) is 2.93. The van der Waals surface area contributed by atoms with Crippen LogP contribution in [0.2, 0.25) is 0 Å². The Hall–Kier alpha value is -1.11. The number of aliphatic hydroxyl groups excluding tert-OH is 1. The molecule has 6 heteroatoms. The van der Waals surface area contributed by atoms with Crippen LogP contribution in [0, 0.1) is 0 Å². The van der Waals surface area contributed by atoms with Crippen molar-refractivity contribution in [3.63, 3.8) is 0 Å². The standard InChI is InChI=1S/C17H24N2O3S/c20-12-11-18-13-17(15-3-1-2-4-16(15)18)7-9-19(10-8-17)23(21,22)14-5-6-14/h1-4,14,20H,5-13H2. The number of rotatable bonds is 4. The normalized spacial score (nSPS) is 24.1. The highest BCUT2D eigenvalue weighted by molar-refractivity contribution is 7.90. The minimum absolute atomic E-state index is 0.0430. The lowest BCUT2D eigenvalue weighted by Gasteiger charge is -2.39. The fourth-order valence-corrected chi connectivity index (χ4v) is 6.07. The predicted molar refractivity (Wildman–Crippen MR) is 90.2 cm³/mol. The number of β-amino-alcohol motifs (C(OH)–C–C–N with tert-alkyl or cyclic N) is 1. The van der Waals surface area contributed by atoms with Gasteiger partial charge in [-0.25, -0.2) is 12.7 Å². The van der Waals surface area contributed by atoms with Crippen LogP contribution < -0.4 is 4.90 Å². The number of aliphatic hydroxyl groups is 1. The fourth-order valence-electron chi connectivity index (χ4n) is 4.23. The lowest BCUT2D eigenvalue weighted by Crippen LogP contribution is -2.48. The summed E-state index contributed by atoms with van der Waals surface area (Å²) in [7, 11) is -3.06. The van der Waals surface area contributed by atoms with Gasteiger partial charge in [0.2, 0.25) is 10.0 Å². The molecule has 2 heterocycles. The van der Waals surface area contributed by atoms with E-state index in [1.807, 2.05) is 6.07 Å². The van der Waals surface area contributed by atoms with E-state index in [4.69, 9.17) is 0 Å². The summed E-state index contributed by atoms with van der Waals surface area (Å²) in [6.07, 6.45) is 3.41. The van der Waals surface area contributed by atoms with Gasteiger partial charge in [0.1, 0.15) is 0 Å². The lowest BCUT2D eigenvalue weighted by atomic mass is 9.75. The first kappa shape index (κ1) is 15.4. The average Bonchev–Trinajstić information content (AvgIpc) is 3.37. The zero-order valence-corrected chi connectivity index (χ0v) is 14.1. The summed E-state index contributed by atoms with van der Waals surface area (Å²) < 4.78 is 26.6. The molecule has 2 aliphatic heterocycles. The molecule has 23 heavy (non-hydrogen) atoms. The van der Waals surface area contributed by atoms with E-state index in [1.165, 1.54) is 11.3 Å². The van der Waals surface area contributed by atoms with E-state index in [1.54, 1.807) is 4.31 Å². The van der Waals surface area contributed by atoms with Crippen molar-refractivity contribution in [2.75, 3.05) is 37.7 Å². The number of benzene rings is 1. The van der Waals surface area contributed by atoms with Gasteiger partial charge in [0.25, 0.3) is 0 Å². The molecule has 2 fully saturated rings. The summed E-state index contributed by atoms with van der Waals surface area (Å²) in [4.78, 5) is 2.25. The van der Waals surface area contributed by atoms with Gasteiger partial charge in [0.15, 0.2) is 0 Å². The van der Waals surface area contributed by atoms with Gasteiger partial charge in [0.05, 0.1) is 11.9 Å². The molecular weight excluding hydrogens is 312 g/mol. The summed E-state index contributed by atoms with van der Waals surface area (Å²) in [6, 6.07) is 8.40. The van der Waals surface area contributed by atoms with E-state index in [0.717, 1.165) is 32.2 Å². The number of sulfonamides is 1. The fraction of sp³-hybridized carbons (Fsp3) is 0.647. The smallest absolute Gasteiger partial charge is 0.216 e. The molecular formula is C17H24N2O3S. The van der Waals surface area contributed by atoms with Crippen LogP contribution in [-0.2, 0) is 15.4 Å². The Morgan fingerprint density at radius 2 is 1.87 bits per heavy atom. The quantitative estimate of drug-likeness (QED) is 0.901. The molecule has 0 amide bonds. The molecule has 1 N–H and O–H groups in total. The largest absolute Gasteiger partial charge is 0.395 e. The number of anilines is 1. The van der Waals surface area contributed by atoms with Gasteiger partial charge < -0.3 is 10.0 Å². The Morgan fingerprint density at radius 3 is 2.52 bits per heavy atom. The Labute approximate surface area is 138 Å². The third kappa shape index (κ3) is 2.47. The summed E-state index contributed by atoms with van der Waals surface area (Å²) >= 11 is 0. The molecule has 0 radical (unpaired) electrons. The third-order valence-electron chi connectivity index (χ3n) is 5.66. The Bertz CT molecular complexity index is 692. The topological polar surface area (TPSA) is 60.9 Å². The maximum atomic E-state index is 12.4. The van der Waals surface area contributed by atoms with Crippen molar-refractivity contribution in [2.24, 2.45) is 0 Å². The number of piperidine rings is 1. The molecule has 0 unspecified atom stereocenters. The summed E-state index contributed by atoms with van der Waals surface area (Å²) in [5.41, 5.74) is 2.58. The highest BCUT2D eigenvalue weighted by Gasteiger charge is 2.48. The van der Waals surface area contributed by atoms with Gasteiger partial charge in [0, 0.05) is 37.3 Å². The molecule has 1 aliphatic carbocycles. The van der Waals surface area contributed by atoms with Crippen LogP contribution in [0.15, 0.2) is 24.3 Å². The Kier molecular flexibility index (Phi) is 3.66. The van der Waals surface area contributed by atoms with Crippen LogP contribution in [0.1, 0.15) is 31.2 Å². The number of hydrogen-bond acceptors (Lipinski definition) is 4. The van der Waals surface area contributed by atoms with E-state index < -0.39 is 10.0 Å². The number of para-hydroxylation sites is 1. The van der Waals surface area contributed by atoms with Gasteiger partial charge in [-0.05, 0) is 37.3 Å². The first-order valence-electron chi connectivity index (χ1n) is 8.51. The van der Waals surface area contributed by atoms with Crippen molar-refractivity contribution >= 4 is 15.7 Å². The SMILES string of the molecule is O=S(=O)(C1CC1)N1CCC2(CC1)CN(CCO)c1ccccc12. The van der Waals surface area contributed by atoms with Crippen molar-refractivity contribution < 1.29 is 13.5 Å². The molecule has 4 rings (SSSR count). The first-order chi connectivity index (χ1) is 11.1. The molecule has 5 nitrogen and oxygen atoms in total. The number of hydrogen-bond donors (Lipinski definition) is 1. The van der Waals surface area contributed by atoms with E-state index in [-0.39, 0.29) is 17.3 Å². The van der Waals surface area contributed by atoms with Crippen LogP contribution in [0.3, 0.4) is 0 Å². The molecule has 1 aromatic carbocycles. The van der Waals surface area contributed by atoms with Gasteiger partial charge in [-0.2, -0.15) is 0 Å².